The van der Waals surface area contributed by atoms with Gasteiger partial charge in [-0.2, -0.15) is 4.98 Å². The predicted octanol–water partition coefficient (Wildman–Crippen LogP) is 1.67. The number of aryl methyl sites for hydroxylation is 1. The van der Waals surface area contributed by atoms with E-state index in [0.717, 1.165) is 31.3 Å². The van der Waals surface area contributed by atoms with E-state index in [1.54, 1.807) is 0 Å². The van der Waals surface area contributed by atoms with E-state index in [0.29, 0.717) is 12.4 Å². The zero-order chi connectivity index (χ0) is 15.7. The van der Waals surface area contributed by atoms with E-state index in [9.17, 15) is 0 Å². The summed E-state index contributed by atoms with van der Waals surface area (Å²) in [4.78, 5) is 11.4. The number of hydrogen-bond donors (Lipinski definition) is 1. The lowest BCUT2D eigenvalue weighted by molar-refractivity contribution is 0.139. The molecular weight excluding hydrogens is 316 g/mol. The van der Waals surface area contributed by atoms with Gasteiger partial charge in [-0.1, -0.05) is 25.9 Å². The van der Waals surface area contributed by atoms with Crippen molar-refractivity contribution in [3.8, 4) is 0 Å². The number of nitrogens with zero attached hydrogens (tertiary/aromatic N) is 5. The van der Waals surface area contributed by atoms with Gasteiger partial charge in [-0.15, -0.1) is 12.4 Å². The van der Waals surface area contributed by atoms with Crippen LogP contribution >= 0.6 is 12.4 Å². The molecule has 23 heavy (non-hydrogen) atoms. The molecule has 1 N–H and O–H groups in total. The number of hydrogen-bond acceptors (Lipinski definition) is 6. The fourth-order valence-electron chi connectivity index (χ4n) is 2.69. The van der Waals surface area contributed by atoms with Crippen LogP contribution < -0.4 is 5.32 Å². The average molecular weight is 341 g/mol. The summed E-state index contributed by atoms with van der Waals surface area (Å²) < 4.78 is 7.47. The van der Waals surface area contributed by atoms with Gasteiger partial charge in [-0.05, 0) is 0 Å². The van der Waals surface area contributed by atoms with Gasteiger partial charge in [0.1, 0.15) is 5.82 Å². The number of imidazole rings is 1. The van der Waals surface area contributed by atoms with Gasteiger partial charge in [0, 0.05) is 44.5 Å². The fraction of sp³-hybridized carbons (Fsp3) is 0.667. The molecule has 1 atom stereocenters. The molecule has 0 amide bonds. The molecule has 1 fully saturated rings. The van der Waals surface area contributed by atoms with Crippen molar-refractivity contribution in [1.29, 1.82) is 0 Å². The third kappa shape index (κ3) is 3.91. The molecule has 0 aromatic carbocycles. The first-order valence-corrected chi connectivity index (χ1v) is 7.70. The minimum absolute atomic E-state index is 0. The van der Waals surface area contributed by atoms with Gasteiger partial charge >= 0.3 is 0 Å². The molecule has 2 aromatic rings. The highest BCUT2D eigenvalue weighted by atomic mass is 35.5. The minimum atomic E-state index is -0.117. The molecular formula is C15H25ClN6O. The van der Waals surface area contributed by atoms with Crippen molar-refractivity contribution in [2.24, 2.45) is 7.05 Å². The third-order valence-electron chi connectivity index (χ3n) is 3.96. The van der Waals surface area contributed by atoms with E-state index in [1.165, 1.54) is 0 Å². The van der Waals surface area contributed by atoms with Gasteiger partial charge in [0.25, 0.3) is 0 Å². The highest BCUT2D eigenvalue weighted by Crippen LogP contribution is 2.24. The lowest BCUT2D eigenvalue weighted by Gasteiger charge is -2.34. The molecule has 128 valence electrons. The molecule has 1 aliphatic heterocycles. The largest absolute Gasteiger partial charge is 0.339 e. The van der Waals surface area contributed by atoms with Gasteiger partial charge in [0.2, 0.25) is 5.89 Å². The molecule has 0 aliphatic carbocycles. The van der Waals surface area contributed by atoms with Crippen LogP contribution in [0.25, 0.3) is 0 Å². The number of halogens is 1. The van der Waals surface area contributed by atoms with Crippen LogP contribution in [0, 0.1) is 0 Å². The Kier molecular flexibility index (Phi) is 5.44. The van der Waals surface area contributed by atoms with E-state index in [2.05, 4.69) is 50.7 Å². The van der Waals surface area contributed by atoms with Gasteiger partial charge in [-0.25, -0.2) is 4.98 Å². The second-order valence-electron chi connectivity index (χ2n) is 6.85. The van der Waals surface area contributed by atoms with Gasteiger partial charge in [-0.3, -0.25) is 4.90 Å². The summed E-state index contributed by atoms with van der Waals surface area (Å²) in [5, 5.41) is 7.58. The first-order chi connectivity index (χ1) is 10.4. The highest BCUT2D eigenvalue weighted by molar-refractivity contribution is 5.85. The molecule has 2 aromatic heterocycles. The molecule has 3 heterocycles. The van der Waals surface area contributed by atoms with Crippen molar-refractivity contribution in [3.05, 3.63) is 29.9 Å². The zero-order valence-electron chi connectivity index (χ0n) is 14.1. The summed E-state index contributed by atoms with van der Waals surface area (Å²) in [5.74, 6) is 2.49. The zero-order valence-corrected chi connectivity index (χ0v) is 14.9. The first kappa shape index (κ1) is 17.9. The van der Waals surface area contributed by atoms with E-state index >= 15 is 0 Å². The number of piperazine rings is 1. The van der Waals surface area contributed by atoms with Crippen molar-refractivity contribution in [2.45, 2.75) is 38.8 Å². The van der Waals surface area contributed by atoms with E-state index in [1.807, 2.05) is 19.4 Å². The maximum atomic E-state index is 5.40. The summed E-state index contributed by atoms with van der Waals surface area (Å²) in [6.07, 6.45) is 3.82. The Hall–Kier alpha value is -1.44. The Morgan fingerprint density at radius 3 is 2.78 bits per heavy atom. The molecule has 0 saturated carbocycles. The van der Waals surface area contributed by atoms with Crippen molar-refractivity contribution in [3.63, 3.8) is 0 Å². The molecule has 0 radical (unpaired) electrons. The van der Waals surface area contributed by atoms with Crippen LogP contribution in [0.1, 0.15) is 44.4 Å². The van der Waals surface area contributed by atoms with Crippen molar-refractivity contribution >= 4 is 12.4 Å². The Morgan fingerprint density at radius 1 is 1.39 bits per heavy atom. The quantitative estimate of drug-likeness (QED) is 0.916. The Morgan fingerprint density at radius 2 is 2.17 bits per heavy atom. The monoisotopic (exact) mass is 340 g/mol. The van der Waals surface area contributed by atoms with Crippen LogP contribution in [0.3, 0.4) is 0 Å². The topological polar surface area (TPSA) is 72.0 Å². The number of rotatable bonds is 3. The van der Waals surface area contributed by atoms with Crippen LogP contribution in [0.4, 0.5) is 0 Å². The maximum absolute atomic E-state index is 5.40. The molecule has 7 nitrogen and oxygen atoms in total. The van der Waals surface area contributed by atoms with Crippen LogP contribution in [0.5, 0.6) is 0 Å². The van der Waals surface area contributed by atoms with Gasteiger partial charge < -0.3 is 14.4 Å². The summed E-state index contributed by atoms with van der Waals surface area (Å²) in [7, 11) is 2.03. The Bertz CT molecular complexity index is 632. The highest BCUT2D eigenvalue weighted by Gasteiger charge is 2.29. The molecule has 0 bridgehead atoms. The summed E-state index contributed by atoms with van der Waals surface area (Å²) in [6, 6.07) is 0.227. The second-order valence-corrected chi connectivity index (χ2v) is 6.85. The lowest BCUT2D eigenvalue weighted by Crippen LogP contribution is -2.46. The SMILES string of the molecule is Cl.Cn1ccnc1C1CNCCN1Cc1noc(C(C)(C)C)n1. The third-order valence-corrected chi connectivity index (χ3v) is 3.96. The number of nitrogens with one attached hydrogen (secondary N) is 1. The molecule has 8 heteroatoms. The smallest absolute Gasteiger partial charge is 0.232 e. The van der Waals surface area contributed by atoms with Crippen LogP contribution in [-0.4, -0.2) is 44.2 Å². The van der Waals surface area contributed by atoms with Crippen LogP contribution in [-0.2, 0) is 19.0 Å². The fourth-order valence-corrected chi connectivity index (χ4v) is 2.69. The summed E-state index contributed by atoms with van der Waals surface area (Å²) >= 11 is 0. The average Bonchev–Trinajstić information content (AvgIpc) is 3.08. The molecule has 1 aliphatic rings. The van der Waals surface area contributed by atoms with Gasteiger partial charge in [0.15, 0.2) is 5.82 Å². The van der Waals surface area contributed by atoms with Gasteiger partial charge in [0.05, 0.1) is 12.6 Å². The first-order valence-electron chi connectivity index (χ1n) is 7.70. The molecule has 1 saturated heterocycles. The molecule has 3 rings (SSSR count). The maximum Gasteiger partial charge on any atom is 0.232 e. The predicted molar refractivity (Wildman–Crippen MR) is 89.5 cm³/mol. The normalized spacial score (nSPS) is 19.6. The summed E-state index contributed by atoms with van der Waals surface area (Å²) in [5.41, 5.74) is -0.117. The van der Waals surface area contributed by atoms with Crippen LogP contribution in [0.15, 0.2) is 16.9 Å². The Balaban J connectivity index is 0.00000192. The molecule has 1 unspecified atom stereocenters. The molecule has 0 spiro atoms. The van der Waals surface area contributed by atoms with Crippen molar-refractivity contribution in [1.82, 2.24) is 29.9 Å². The Labute approximate surface area is 142 Å². The second kappa shape index (κ2) is 6.98. The van der Waals surface area contributed by atoms with Crippen molar-refractivity contribution < 1.29 is 4.52 Å². The van der Waals surface area contributed by atoms with E-state index < -0.39 is 0 Å². The summed E-state index contributed by atoms with van der Waals surface area (Å²) in [6.45, 7) is 9.69. The number of aromatic nitrogens is 4. The van der Waals surface area contributed by atoms with Crippen molar-refractivity contribution in [2.75, 3.05) is 19.6 Å². The van der Waals surface area contributed by atoms with Crippen LogP contribution in [0.2, 0.25) is 0 Å². The standard InChI is InChI=1S/C15H24N6O.ClH/c1-15(2,3)14-18-12(19-22-14)10-21-8-5-16-9-11(21)13-17-6-7-20(13)4;/h6-7,11,16H,5,8-10H2,1-4H3;1H. The van der Waals surface area contributed by atoms with E-state index in [4.69, 9.17) is 4.52 Å². The van der Waals surface area contributed by atoms with E-state index in [-0.39, 0.29) is 23.9 Å². The minimum Gasteiger partial charge on any atom is -0.339 e. The lowest BCUT2D eigenvalue weighted by atomic mass is 9.97.